The first-order chi connectivity index (χ1) is 7.97. The van der Waals surface area contributed by atoms with Crippen LogP contribution in [0.1, 0.15) is 32.2 Å². The van der Waals surface area contributed by atoms with E-state index in [1.807, 2.05) is 28.9 Å². The van der Waals surface area contributed by atoms with Crippen molar-refractivity contribution in [2.75, 3.05) is 0 Å². The van der Waals surface area contributed by atoms with Gasteiger partial charge in [0.2, 0.25) is 0 Å². The molecule has 0 aliphatic carbocycles. The van der Waals surface area contributed by atoms with Gasteiger partial charge in [-0.05, 0) is 28.1 Å². The van der Waals surface area contributed by atoms with Gasteiger partial charge in [-0.2, -0.15) is 0 Å². The lowest BCUT2D eigenvalue weighted by Crippen LogP contribution is -2.20. The summed E-state index contributed by atoms with van der Waals surface area (Å²) in [7, 11) is 0. The fourth-order valence-electron chi connectivity index (χ4n) is 1.61. The van der Waals surface area contributed by atoms with Gasteiger partial charge in [0.05, 0.1) is 6.54 Å². The van der Waals surface area contributed by atoms with Crippen molar-refractivity contribution in [1.82, 2.24) is 20.2 Å². The van der Waals surface area contributed by atoms with Crippen LogP contribution in [0.25, 0.3) is 0 Å². The quantitative estimate of drug-likeness (QED) is 0.823. The molecule has 90 valence electrons. The molecule has 17 heavy (non-hydrogen) atoms. The highest BCUT2D eigenvalue weighted by atomic mass is 35.5. The lowest BCUT2D eigenvalue weighted by molar-refractivity contribution is 0.490. The van der Waals surface area contributed by atoms with Crippen molar-refractivity contribution in [3.8, 4) is 0 Å². The third-order valence-corrected chi connectivity index (χ3v) is 2.70. The Labute approximate surface area is 106 Å². The fraction of sp³-hybridized carbons (Fsp3) is 0.417. The highest BCUT2D eigenvalue weighted by Gasteiger charge is 2.21. The normalized spacial score (nSPS) is 11.8. The summed E-state index contributed by atoms with van der Waals surface area (Å²) in [5.41, 5.74) is 1.07. The summed E-state index contributed by atoms with van der Waals surface area (Å²) >= 11 is 5.85. The van der Waals surface area contributed by atoms with Gasteiger partial charge >= 0.3 is 0 Å². The summed E-state index contributed by atoms with van der Waals surface area (Å²) < 4.78 is 1.82. The molecule has 0 aliphatic rings. The highest BCUT2D eigenvalue weighted by molar-refractivity contribution is 6.30. The smallest absolute Gasteiger partial charge is 0.156 e. The Balaban J connectivity index is 2.25. The van der Waals surface area contributed by atoms with Crippen LogP contribution in [0.3, 0.4) is 0 Å². The zero-order valence-corrected chi connectivity index (χ0v) is 10.9. The topological polar surface area (TPSA) is 43.6 Å². The van der Waals surface area contributed by atoms with Crippen molar-refractivity contribution < 1.29 is 0 Å². The largest absolute Gasteiger partial charge is 0.225 e. The Morgan fingerprint density at radius 1 is 1.18 bits per heavy atom. The van der Waals surface area contributed by atoms with E-state index in [2.05, 4.69) is 36.3 Å². The monoisotopic (exact) mass is 250 g/mol. The summed E-state index contributed by atoms with van der Waals surface area (Å²) in [6.07, 6.45) is 0. The molecular weight excluding hydrogens is 236 g/mol. The average Bonchev–Trinajstić information content (AvgIpc) is 2.69. The summed E-state index contributed by atoms with van der Waals surface area (Å²) in [6.45, 7) is 6.95. The van der Waals surface area contributed by atoms with E-state index in [1.165, 1.54) is 0 Å². The average molecular weight is 251 g/mol. The molecular formula is C12H15ClN4. The summed E-state index contributed by atoms with van der Waals surface area (Å²) in [5, 5.41) is 12.6. The molecule has 0 unspecified atom stereocenters. The molecule has 0 amide bonds. The number of halogens is 1. The second-order valence-electron chi connectivity index (χ2n) is 5.04. The Morgan fingerprint density at radius 3 is 2.41 bits per heavy atom. The Morgan fingerprint density at radius 2 is 1.82 bits per heavy atom. The maximum absolute atomic E-state index is 5.85. The molecule has 0 saturated carbocycles. The molecule has 2 rings (SSSR count). The van der Waals surface area contributed by atoms with Crippen LogP contribution in [-0.2, 0) is 12.0 Å². The standard InChI is InChI=1S/C12H15ClN4/c1-12(2,3)11-14-15-16-17(11)8-9-4-6-10(13)7-5-9/h4-7H,8H2,1-3H3. The zero-order valence-electron chi connectivity index (χ0n) is 10.2. The minimum Gasteiger partial charge on any atom is -0.225 e. The molecule has 1 aromatic carbocycles. The Hall–Kier alpha value is -1.42. The third-order valence-electron chi connectivity index (χ3n) is 2.45. The summed E-state index contributed by atoms with van der Waals surface area (Å²) in [4.78, 5) is 0. The highest BCUT2D eigenvalue weighted by Crippen LogP contribution is 2.19. The summed E-state index contributed by atoms with van der Waals surface area (Å²) in [6, 6.07) is 7.71. The second kappa shape index (κ2) is 4.45. The van der Waals surface area contributed by atoms with E-state index in [9.17, 15) is 0 Å². The van der Waals surface area contributed by atoms with Crippen LogP contribution < -0.4 is 0 Å². The molecule has 0 N–H and O–H groups in total. The van der Waals surface area contributed by atoms with Gasteiger partial charge in [0.1, 0.15) is 0 Å². The number of aromatic nitrogens is 4. The molecule has 0 fully saturated rings. The van der Waals surface area contributed by atoms with Crippen molar-refractivity contribution in [2.45, 2.75) is 32.7 Å². The van der Waals surface area contributed by atoms with Gasteiger partial charge in [-0.1, -0.05) is 44.5 Å². The minimum absolute atomic E-state index is 0.0596. The molecule has 4 nitrogen and oxygen atoms in total. The first-order valence-electron chi connectivity index (χ1n) is 5.48. The first kappa shape index (κ1) is 12.0. The van der Waals surface area contributed by atoms with Gasteiger partial charge < -0.3 is 0 Å². The van der Waals surface area contributed by atoms with E-state index in [4.69, 9.17) is 11.6 Å². The van der Waals surface area contributed by atoms with Gasteiger partial charge in [0.15, 0.2) is 5.82 Å². The lowest BCUT2D eigenvalue weighted by Gasteiger charge is -2.17. The molecule has 0 saturated heterocycles. The van der Waals surface area contributed by atoms with Crippen molar-refractivity contribution in [2.24, 2.45) is 0 Å². The number of benzene rings is 1. The SMILES string of the molecule is CC(C)(C)c1nnnn1Cc1ccc(Cl)cc1. The Bertz CT molecular complexity index is 496. The van der Waals surface area contributed by atoms with Crippen LogP contribution in [0.4, 0.5) is 0 Å². The van der Waals surface area contributed by atoms with Crippen LogP contribution in [0.2, 0.25) is 5.02 Å². The Kier molecular flexibility index (Phi) is 3.15. The van der Waals surface area contributed by atoms with Gasteiger partial charge in [-0.3, -0.25) is 0 Å². The van der Waals surface area contributed by atoms with Crippen LogP contribution in [0.15, 0.2) is 24.3 Å². The van der Waals surface area contributed by atoms with Gasteiger partial charge in [0.25, 0.3) is 0 Å². The van der Waals surface area contributed by atoms with E-state index in [0.29, 0.717) is 6.54 Å². The molecule has 2 aromatic rings. The van der Waals surface area contributed by atoms with Crippen LogP contribution in [0, 0.1) is 0 Å². The van der Waals surface area contributed by atoms with E-state index in [-0.39, 0.29) is 5.41 Å². The van der Waals surface area contributed by atoms with Crippen molar-refractivity contribution in [3.05, 3.63) is 40.7 Å². The van der Waals surface area contributed by atoms with E-state index < -0.39 is 0 Å². The van der Waals surface area contributed by atoms with Gasteiger partial charge in [-0.15, -0.1) is 5.10 Å². The molecule has 0 bridgehead atoms. The van der Waals surface area contributed by atoms with Crippen molar-refractivity contribution in [1.29, 1.82) is 0 Å². The summed E-state index contributed by atoms with van der Waals surface area (Å²) in [5.74, 6) is 0.882. The lowest BCUT2D eigenvalue weighted by atomic mass is 9.96. The second-order valence-corrected chi connectivity index (χ2v) is 5.47. The molecule has 1 heterocycles. The van der Waals surface area contributed by atoms with Crippen LogP contribution >= 0.6 is 11.6 Å². The zero-order chi connectivity index (χ0) is 12.5. The molecule has 0 spiro atoms. The number of hydrogen-bond acceptors (Lipinski definition) is 3. The number of hydrogen-bond donors (Lipinski definition) is 0. The molecule has 0 aliphatic heterocycles. The molecule has 0 radical (unpaired) electrons. The van der Waals surface area contributed by atoms with E-state index in [1.54, 1.807) is 0 Å². The third kappa shape index (κ3) is 2.82. The molecule has 1 aromatic heterocycles. The number of nitrogens with zero attached hydrogens (tertiary/aromatic N) is 4. The fourth-order valence-corrected chi connectivity index (χ4v) is 1.74. The van der Waals surface area contributed by atoms with Crippen LogP contribution in [-0.4, -0.2) is 20.2 Å². The maximum atomic E-state index is 5.85. The van der Waals surface area contributed by atoms with E-state index >= 15 is 0 Å². The van der Waals surface area contributed by atoms with Crippen molar-refractivity contribution >= 4 is 11.6 Å². The van der Waals surface area contributed by atoms with Gasteiger partial charge in [0, 0.05) is 10.4 Å². The molecule has 5 heteroatoms. The van der Waals surface area contributed by atoms with Gasteiger partial charge in [-0.25, -0.2) is 4.68 Å². The maximum Gasteiger partial charge on any atom is 0.156 e. The number of tetrazole rings is 1. The predicted molar refractivity (Wildman–Crippen MR) is 67.1 cm³/mol. The predicted octanol–water partition coefficient (Wildman–Crippen LogP) is 2.67. The van der Waals surface area contributed by atoms with E-state index in [0.717, 1.165) is 16.4 Å². The van der Waals surface area contributed by atoms with Crippen LogP contribution in [0.5, 0.6) is 0 Å². The minimum atomic E-state index is -0.0596. The van der Waals surface area contributed by atoms with Crippen molar-refractivity contribution in [3.63, 3.8) is 0 Å². The molecule has 0 atom stereocenters. The first-order valence-corrected chi connectivity index (χ1v) is 5.86. The number of rotatable bonds is 2.